The SMILES string of the molecule is Cc1c(NC(C(=O)NNC(=O)c2ccccc2)C(C)(C)O)ccc(C#N)c1Cl. The molecular weight excluding hydrogens is 380 g/mol. The summed E-state index contributed by atoms with van der Waals surface area (Å²) in [6.45, 7) is 4.62. The molecular formula is C20H21ClN4O3. The van der Waals surface area contributed by atoms with Crippen molar-refractivity contribution in [3.63, 3.8) is 0 Å². The van der Waals surface area contributed by atoms with Crippen molar-refractivity contribution in [1.29, 1.82) is 5.26 Å². The molecule has 0 aliphatic rings. The van der Waals surface area contributed by atoms with Crippen molar-refractivity contribution in [2.24, 2.45) is 0 Å². The van der Waals surface area contributed by atoms with Crippen molar-refractivity contribution in [2.75, 3.05) is 5.32 Å². The number of carbonyl (C=O) groups is 2. The summed E-state index contributed by atoms with van der Waals surface area (Å²) >= 11 is 6.16. The molecule has 0 spiro atoms. The molecule has 2 aromatic rings. The molecule has 2 aromatic carbocycles. The van der Waals surface area contributed by atoms with E-state index in [2.05, 4.69) is 16.2 Å². The zero-order valence-electron chi connectivity index (χ0n) is 15.7. The maximum absolute atomic E-state index is 12.6. The molecule has 0 aromatic heterocycles. The zero-order chi connectivity index (χ0) is 20.9. The second-order valence-corrected chi connectivity index (χ2v) is 7.13. The number of nitrogens with zero attached hydrogens (tertiary/aromatic N) is 1. The first kappa shape index (κ1) is 21.2. The lowest BCUT2D eigenvalue weighted by Gasteiger charge is -2.30. The maximum Gasteiger partial charge on any atom is 0.269 e. The van der Waals surface area contributed by atoms with E-state index in [0.29, 0.717) is 22.4 Å². The lowest BCUT2D eigenvalue weighted by Crippen LogP contribution is -2.56. The number of anilines is 1. The maximum atomic E-state index is 12.6. The van der Waals surface area contributed by atoms with E-state index in [1.165, 1.54) is 19.9 Å². The van der Waals surface area contributed by atoms with Gasteiger partial charge in [0.1, 0.15) is 12.1 Å². The quantitative estimate of drug-likeness (QED) is 0.576. The van der Waals surface area contributed by atoms with Gasteiger partial charge in [-0.2, -0.15) is 5.26 Å². The molecule has 1 unspecified atom stereocenters. The van der Waals surface area contributed by atoms with Gasteiger partial charge in [0.25, 0.3) is 11.8 Å². The fourth-order valence-electron chi connectivity index (χ4n) is 2.50. The summed E-state index contributed by atoms with van der Waals surface area (Å²) in [5, 5.41) is 22.7. The molecule has 0 saturated carbocycles. The number of amides is 2. The molecule has 2 rings (SSSR count). The van der Waals surface area contributed by atoms with Crippen LogP contribution in [0.25, 0.3) is 0 Å². The van der Waals surface area contributed by atoms with Crippen LogP contribution < -0.4 is 16.2 Å². The Morgan fingerprint density at radius 1 is 1.14 bits per heavy atom. The topological polar surface area (TPSA) is 114 Å². The number of carbonyl (C=O) groups excluding carboxylic acids is 2. The van der Waals surface area contributed by atoms with E-state index >= 15 is 0 Å². The van der Waals surface area contributed by atoms with E-state index in [4.69, 9.17) is 16.9 Å². The van der Waals surface area contributed by atoms with Gasteiger partial charge in [0.05, 0.1) is 16.2 Å². The average Bonchev–Trinajstić information content (AvgIpc) is 2.66. The molecule has 0 aliphatic carbocycles. The van der Waals surface area contributed by atoms with Gasteiger partial charge in [0.2, 0.25) is 0 Å². The largest absolute Gasteiger partial charge is 0.388 e. The Balaban J connectivity index is 2.16. The molecule has 4 N–H and O–H groups in total. The third-order valence-electron chi connectivity index (χ3n) is 4.11. The molecule has 1 atom stereocenters. The van der Waals surface area contributed by atoms with Gasteiger partial charge in [-0.25, -0.2) is 0 Å². The van der Waals surface area contributed by atoms with Crippen molar-refractivity contribution in [1.82, 2.24) is 10.9 Å². The number of rotatable bonds is 5. The Kier molecular flexibility index (Phi) is 6.62. The molecule has 146 valence electrons. The molecule has 0 heterocycles. The van der Waals surface area contributed by atoms with Crippen LogP contribution in [0, 0.1) is 18.3 Å². The van der Waals surface area contributed by atoms with Crippen molar-refractivity contribution >= 4 is 29.1 Å². The van der Waals surface area contributed by atoms with Gasteiger partial charge in [-0.15, -0.1) is 0 Å². The van der Waals surface area contributed by atoms with Crippen LogP contribution in [0.3, 0.4) is 0 Å². The summed E-state index contributed by atoms with van der Waals surface area (Å²) in [7, 11) is 0. The van der Waals surface area contributed by atoms with Crippen molar-refractivity contribution in [2.45, 2.75) is 32.4 Å². The second kappa shape index (κ2) is 8.74. The van der Waals surface area contributed by atoms with Crippen LogP contribution in [0.2, 0.25) is 5.02 Å². The lowest BCUT2D eigenvalue weighted by molar-refractivity contribution is -0.127. The van der Waals surface area contributed by atoms with Crippen LogP contribution in [0.1, 0.15) is 35.3 Å². The van der Waals surface area contributed by atoms with Crippen molar-refractivity contribution in [3.05, 3.63) is 64.2 Å². The molecule has 8 heteroatoms. The van der Waals surface area contributed by atoms with Gasteiger partial charge in [0.15, 0.2) is 0 Å². The lowest BCUT2D eigenvalue weighted by atomic mass is 9.97. The average molecular weight is 401 g/mol. The van der Waals surface area contributed by atoms with Crippen LogP contribution >= 0.6 is 11.6 Å². The number of nitriles is 1. The smallest absolute Gasteiger partial charge is 0.269 e. The second-order valence-electron chi connectivity index (χ2n) is 6.75. The standard InChI is InChI=1S/C20H21ClN4O3/c1-12-15(10-9-14(11-22)16(12)21)23-17(20(2,3)28)19(27)25-24-18(26)13-7-5-4-6-8-13/h4-10,17,23,28H,1-3H3,(H,24,26)(H,25,27). The monoisotopic (exact) mass is 400 g/mol. The van der Waals surface area contributed by atoms with Gasteiger partial charge < -0.3 is 10.4 Å². The predicted octanol–water partition coefficient (Wildman–Crippen LogP) is 2.53. The Morgan fingerprint density at radius 2 is 1.79 bits per heavy atom. The van der Waals surface area contributed by atoms with Crippen LogP contribution in [0.15, 0.2) is 42.5 Å². The van der Waals surface area contributed by atoms with E-state index in [0.717, 1.165) is 0 Å². The van der Waals surface area contributed by atoms with Gasteiger partial charge >= 0.3 is 0 Å². The molecule has 0 saturated heterocycles. The van der Waals surface area contributed by atoms with E-state index in [1.807, 2.05) is 6.07 Å². The Bertz CT molecular complexity index is 918. The Morgan fingerprint density at radius 3 is 2.36 bits per heavy atom. The fourth-order valence-corrected chi connectivity index (χ4v) is 2.71. The number of hydrogen-bond acceptors (Lipinski definition) is 5. The zero-order valence-corrected chi connectivity index (χ0v) is 16.5. The number of hydrazine groups is 1. The van der Waals surface area contributed by atoms with E-state index < -0.39 is 23.5 Å². The minimum atomic E-state index is -1.46. The van der Waals surface area contributed by atoms with Crippen LogP contribution in [0.5, 0.6) is 0 Å². The van der Waals surface area contributed by atoms with Crippen LogP contribution in [-0.2, 0) is 4.79 Å². The summed E-state index contributed by atoms with van der Waals surface area (Å²) in [6, 6.07) is 12.4. The first-order chi connectivity index (χ1) is 13.1. The number of halogens is 1. The van der Waals surface area contributed by atoms with E-state index in [1.54, 1.807) is 43.3 Å². The van der Waals surface area contributed by atoms with Gasteiger partial charge in [-0.3, -0.25) is 20.4 Å². The summed E-state index contributed by atoms with van der Waals surface area (Å²) < 4.78 is 0. The van der Waals surface area contributed by atoms with Gasteiger partial charge in [-0.05, 0) is 50.6 Å². The Hall–Kier alpha value is -3.08. The summed E-state index contributed by atoms with van der Waals surface area (Å²) in [4.78, 5) is 24.7. The highest BCUT2D eigenvalue weighted by Gasteiger charge is 2.34. The highest BCUT2D eigenvalue weighted by atomic mass is 35.5. The number of benzene rings is 2. The third kappa shape index (κ3) is 5.00. The molecule has 0 bridgehead atoms. The minimum absolute atomic E-state index is 0.264. The third-order valence-corrected chi connectivity index (χ3v) is 4.60. The number of aliphatic hydroxyl groups is 1. The molecule has 2 amide bonds. The molecule has 7 nitrogen and oxygen atoms in total. The van der Waals surface area contributed by atoms with Crippen molar-refractivity contribution in [3.8, 4) is 6.07 Å². The number of hydrogen-bond donors (Lipinski definition) is 4. The van der Waals surface area contributed by atoms with Gasteiger partial charge in [-0.1, -0.05) is 29.8 Å². The molecule has 0 radical (unpaired) electrons. The highest BCUT2D eigenvalue weighted by Crippen LogP contribution is 2.28. The summed E-state index contributed by atoms with van der Waals surface area (Å²) in [5.74, 6) is -1.13. The fraction of sp³-hybridized carbons (Fsp3) is 0.250. The minimum Gasteiger partial charge on any atom is -0.388 e. The Labute approximate surface area is 168 Å². The van der Waals surface area contributed by atoms with Gasteiger partial charge in [0, 0.05) is 11.3 Å². The van der Waals surface area contributed by atoms with E-state index in [9.17, 15) is 14.7 Å². The summed E-state index contributed by atoms with van der Waals surface area (Å²) in [6.07, 6.45) is 0. The molecule has 28 heavy (non-hydrogen) atoms. The first-order valence-corrected chi connectivity index (χ1v) is 8.86. The predicted molar refractivity (Wildman–Crippen MR) is 107 cm³/mol. The van der Waals surface area contributed by atoms with Crippen LogP contribution in [-0.4, -0.2) is 28.6 Å². The molecule has 0 aliphatic heterocycles. The molecule has 0 fully saturated rings. The highest BCUT2D eigenvalue weighted by molar-refractivity contribution is 6.32. The van der Waals surface area contributed by atoms with E-state index in [-0.39, 0.29) is 5.02 Å². The first-order valence-electron chi connectivity index (χ1n) is 8.48. The summed E-state index contributed by atoms with van der Waals surface area (Å²) in [5.41, 5.74) is 4.92. The van der Waals surface area contributed by atoms with Crippen LogP contribution in [0.4, 0.5) is 5.69 Å². The number of nitrogens with one attached hydrogen (secondary N) is 3. The normalized spacial score (nSPS) is 11.9. The van der Waals surface area contributed by atoms with Crippen molar-refractivity contribution < 1.29 is 14.7 Å².